The minimum Gasteiger partial charge on any atom is -0.493 e. The number of hydrogen-bond acceptors (Lipinski definition) is 6. The van der Waals surface area contributed by atoms with Crippen molar-refractivity contribution in [2.75, 3.05) is 14.2 Å². The summed E-state index contributed by atoms with van der Waals surface area (Å²) in [6.07, 6.45) is 0. The molecule has 0 aliphatic carbocycles. The van der Waals surface area contributed by atoms with E-state index >= 15 is 0 Å². The van der Waals surface area contributed by atoms with Crippen LogP contribution in [0, 0.1) is 5.82 Å². The SMILES string of the molecule is COc1ccc(/C(C)=N/OCc2cc(-c3ccc(F)cc3)no2)cc1OC. The second-order valence-corrected chi connectivity index (χ2v) is 5.71. The van der Waals surface area contributed by atoms with E-state index in [2.05, 4.69) is 10.3 Å². The van der Waals surface area contributed by atoms with Crippen molar-refractivity contribution in [2.24, 2.45) is 5.16 Å². The monoisotopic (exact) mass is 370 g/mol. The summed E-state index contributed by atoms with van der Waals surface area (Å²) >= 11 is 0. The summed E-state index contributed by atoms with van der Waals surface area (Å²) < 4.78 is 28.7. The molecule has 3 aromatic rings. The second-order valence-electron chi connectivity index (χ2n) is 5.71. The fraction of sp³-hybridized carbons (Fsp3) is 0.200. The molecule has 140 valence electrons. The molecule has 27 heavy (non-hydrogen) atoms. The van der Waals surface area contributed by atoms with Gasteiger partial charge in [-0.15, -0.1) is 0 Å². The Morgan fingerprint density at radius 2 is 1.78 bits per heavy atom. The highest BCUT2D eigenvalue weighted by atomic mass is 19.1. The van der Waals surface area contributed by atoms with Crippen LogP contribution in [0.3, 0.4) is 0 Å². The van der Waals surface area contributed by atoms with Crippen LogP contribution in [0.5, 0.6) is 11.5 Å². The van der Waals surface area contributed by atoms with E-state index in [4.69, 9.17) is 18.8 Å². The highest BCUT2D eigenvalue weighted by molar-refractivity contribution is 5.98. The van der Waals surface area contributed by atoms with E-state index in [0.717, 1.165) is 11.1 Å². The number of ether oxygens (including phenoxy) is 2. The number of oxime groups is 1. The molecule has 0 spiro atoms. The average Bonchev–Trinajstić information content (AvgIpc) is 3.16. The number of rotatable bonds is 7. The van der Waals surface area contributed by atoms with Crippen LogP contribution in [0.25, 0.3) is 11.3 Å². The highest BCUT2D eigenvalue weighted by Crippen LogP contribution is 2.28. The summed E-state index contributed by atoms with van der Waals surface area (Å²) in [7, 11) is 3.16. The Bertz CT molecular complexity index is 935. The zero-order chi connectivity index (χ0) is 19.2. The molecule has 0 saturated carbocycles. The largest absolute Gasteiger partial charge is 0.493 e. The number of aromatic nitrogens is 1. The van der Waals surface area contributed by atoms with Gasteiger partial charge in [0, 0.05) is 17.2 Å². The highest BCUT2D eigenvalue weighted by Gasteiger charge is 2.09. The van der Waals surface area contributed by atoms with Gasteiger partial charge in [-0.05, 0) is 49.4 Å². The zero-order valence-corrected chi connectivity index (χ0v) is 15.2. The van der Waals surface area contributed by atoms with Crippen molar-refractivity contribution in [1.29, 1.82) is 0 Å². The molecule has 2 aromatic carbocycles. The predicted molar refractivity (Wildman–Crippen MR) is 98.4 cm³/mol. The quantitative estimate of drug-likeness (QED) is 0.454. The molecule has 0 bridgehead atoms. The van der Waals surface area contributed by atoms with Crippen LogP contribution in [0.15, 0.2) is 58.2 Å². The molecule has 0 saturated heterocycles. The molecule has 3 rings (SSSR count). The molecule has 0 aliphatic heterocycles. The number of nitrogens with zero attached hydrogens (tertiary/aromatic N) is 2. The van der Waals surface area contributed by atoms with Crippen LogP contribution in [0.4, 0.5) is 4.39 Å². The van der Waals surface area contributed by atoms with Crippen LogP contribution in [-0.4, -0.2) is 25.1 Å². The maximum Gasteiger partial charge on any atom is 0.177 e. The van der Waals surface area contributed by atoms with Gasteiger partial charge in [-0.3, -0.25) is 0 Å². The van der Waals surface area contributed by atoms with Crippen molar-refractivity contribution in [1.82, 2.24) is 5.16 Å². The van der Waals surface area contributed by atoms with E-state index < -0.39 is 0 Å². The van der Waals surface area contributed by atoms with Crippen molar-refractivity contribution in [3.8, 4) is 22.8 Å². The first-order chi connectivity index (χ1) is 13.1. The van der Waals surface area contributed by atoms with Crippen LogP contribution in [-0.2, 0) is 11.4 Å². The lowest BCUT2D eigenvalue weighted by Gasteiger charge is -2.09. The van der Waals surface area contributed by atoms with Crippen molar-refractivity contribution in [3.05, 3.63) is 65.7 Å². The molecular formula is C20H19FN2O4. The van der Waals surface area contributed by atoms with Gasteiger partial charge < -0.3 is 18.8 Å². The minimum absolute atomic E-state index is 0.124. The molecule has 0 amide bonds. The smallest absolute Gasteiger partial charge is 0.177 e. The Morgan fingerprint density at radius 3 is 2.48 bits per heavy atom. The lowest BCUT2D eigenvalue weighted by atomic mass is 10.1. The first-order valence-electron chi connectivity index (χ1n) is 8.21. The van der Waals surface area contributed by atoms with Gasteiger partial charge in [0.25, 0.3) is 0 Å². The van der Waals surface area contributed by atoms with Gasteiger partial charge in [0.15, 0.2) is 23.9 Å². The van der Waals surface area contributed by atoms with E-state index in [1.165, 1.54) is 12.1 Å². The van der Waals surface area contributed by atoms with Crippen molar-refractivity contribution >= 4 is 5.71 Å². The lowest BCUT2D eigenvalue weighted by molar-refractivity contribution is 0.109. The third-order valence-electron chi connectivity index (χ3n) is 3.91. The van der Waals surface area contributed by atoms with E-state index in [0.29, 0.717) is 28.7 Å². The lowest BCUT2D eigenvalue weighted by Crippen LogP contribution is -1.99. The number of methoxy groups -OCH3 is 2. The van der Waals surface area contributed by atoms with Gasteiger partial charge in [-0.2, -0.15) is 0 Å². The maximum absolute atomic E-state index is 13.0. The third kappa shape index (κ3) is 4.44. The Labute approximate surface area is 156 Å². The van der Waals surface area contributed by atoms with Crippen molar-refractivity contribution < 1.29 is 23.2 Å². The molecule has 0 N–H and O–H groups in total. The van der Waals surface area contributed by atoms with Crippen LogP contribution in [0.1, 0.15) is 18.2 Å². The number of halogens is 1. The fourth-order valence-electron chi connectivity index (χ4n) is 2.44. The fourth-order valence-corrected chi connectivity index (χ4v) is 2.44. The zero-order valence-electron chi connectivity index (χ0n) is 15.2. The van der Waals surface area contributed by atoms with Gasteiger partial charge in [0.05, 0.1) is 19.9 Å². The molecule has 1 heterocycles. The molecule has 6 nitrogen and oxygen atoms in total. The molecule has 0 fully saturated rings. The summed E-state index contributed by atoms with van der Waals surface area (Å²) in [5.74, 6) is 1.47. The van der Waals surface area contributed by atoms with Crippen LogP contribution in [0.2, 0.25) is 0 Å². The van der Waals surface area contributed by atoms with Crippen LogP contribution >= 0.6 is 0 Å². The summed E-state index contributed by atoms with van der Waals surface area (Å²) in [6.45, 7) is 1.95. The summed E-state index contributed by atoms with van der Waals surface area (Å²) in [5.41, 5.74) is 2.89. The van der Waals surface area contributed by atoms with Gasteiger partial charge in [-0.25, -0.2) is 4.39 Å². The first-order valence-corrected chi connectivity index (χ1v) is 8.21. The van der Waals surface area contributed by atoms with Gasteiger partial charge >= 0.3 is 0 Å². The van der Waals surface area contributed by atoms with Crippen molar-refractivity contribution in [2.45, 2.75) is 13.5 Å². The van der Waals surface area contributed by atoms with Gasteiger partial charge in [0.1, 0.15) is 11.5 Å². The average molecular weight is 370 g/mol. The second kappa shape index (κ2) is 8.35. The van der Waals surface area contributed by atoms with Gasteiger partial charge in [0.2, 0.25) is 0 Å². The predicted octanol–water partition coefficient (Wildman–Crippen LogP) is 4.44. The summed E-state index contributed by atoms with van der Waals surface area (Å²) in [6, 6.07) is 13.2. The van der Waals surface area contributed by atoms with Crippen molar-refractivity contribution in [3.63, 3.8) is 0 Å². The Balaban J connectivity index is 1.64. The molecule has 0 radical (unpaired) electrons. The molecule has 1 aromatic heterocycles. The molecule has 0 unspecified atom stereocenters. The maximum atomic E-state index is 13.0. The third-order valence-corrected chi connectivity index (χ3v) is 3.91. The Hall–Kier alpha value is -3.35. The van der Waals surface area contributed by atoms with Gasteiger partial charge in [-0.1, -0.05) is 10.3 Å². The number of benzene rings is 2. The Kier molecular flexibility index (Phi) is 5.71. The molecular weight excluding hydrogens is 351 g/mol. The summed E-state index contributed by atoms with van der Waals surface area (Å²) in [4.78, 5) is 5.36. The topological polar surface area (TPSA) is 66.1 Å². The molecule has 0 aliphatic rings. The minimum atomic E-state index is -0.300. The molecule has 7 heteroatoms. The van der Waals surface area contributed by atoms with E-state index in [9.17, 15) is 4.39 Å². The number of hydrogen-bond donors (Lipinski definition) is 0. The standard InChI is InChI=1S/C20H19FN2O4/c1-13(15-6-9-19(24-2)20(10-15)25-3)22-26-12-17-11-18(23-27-17)14-4-7-16(21)8-5-14/h4-11H,12H2,1-3H3/b22-13+. The molecule has 0 atom stereocenters. The van der Waals surface area contributed by atoms with E-state index in [1.807, 2.05) is 19.1 Å². The Morgan fingerprint density at radius 1 is 1.04 bits per heavy atom. The normalized spacial score (nSPS) is 11.3. The first kappa shape index (κ1) is 18.4. The van der Waals surface area contributed by atoms with E-state index in [1.54, 1.807) is 38.5 Å². The summed E-state index contributed by atoms with van der Waals surface area (Å²) in [5, 5.41) is 8.05. The van der Waals surface area contributed by atoms with E-state index in [-0.39, 0.29) is 12.4 Å². The van der Waals surface area contributed by atoms with Crippen LogP contribution < -0.4 is 9.47 Å².